The molecule has 0 unspecified atom stereocenters. The zero-order valence-corrected chi connectivity index (χ0v) is 14.7. The Morgan fingerprint density at radius 2 is 1.96 bits per heavy atom. The normalized spacial score (nSPS) is 19.0. The van der Waals surface area contributed by atoms with E-state index >= 15 is 0 Å². The van der Waals surface area contributed by atoms with E-state index in [-0.39, 0.29) is 5.91 Å². The number of fused-ring (bicyclic) bond motifs is 1. The molecule has 1 saturated heterocycles. The minimum Gasteiger partial charge on any atom is -0.348 e. The first-order valence-electron chi connectivity index (χ1n) is 9.32. The molecule has 5 heteroatoms. The van der Waals surface area contributed by atoms with Crippen LogP contribution in [0.15, 0.2) is 36.8 Å². The molecule has 132 valence electrons. The van der Waals surface area contributed by atoms with Crippen LogP contribution in [0.4, 0.5) is 0 Å². The average molecular weight is 338 g/mol. The van der Waals surface area contributed by atoms with Gasteiger partial charge in [0.15, 0.2) is 0 Å². The number of nitrogens with zero attached hydrogens (tertiary/aromatic N) is 3. The first kappa shape index (κ1) is 16.3. The average Bonchev–Trinajstić information content (AvgIpc) is 3.16. The van der Waals surface area contributed by atoms with E-state index in [9.17, 15) is 4.79 Å². The van der Waals surface area contributed by atoms with Gasteiger partial charge in [-0.1, -0.05) is 24.3 Å². The minimum absolute atomic E-state index is 0.279. The second-order valence-corrected chi connectivity index (χ2v) is 7.33. The summed E-state index contributed by atoms with van der Waals surface area (Å²) in [7, 11) is 0. The van der Waals surface area contributed by atoms with Gasteiger partial charge < -0.3 is 9.88 Å². The number of hydrogen-bond acceptors (Lipinski definition) is 3. The van der Waals surface area contributed by atoms with Crippen LogP contribution in [0, 0.1) is 5.92 Å². The van der Waals surface area contributed by atoms with Gasteiger partial charge in [0.05, 0.1) is 12.9 Å². The van der Waals surface area contributed by atoms with E-state index in [4.69, 9.17) is 0 Å². The molecule has 2 aliphatic rings. The molecular formula is C20H26N4O. The lowest BCUT2D eigenvalue weighted by Crippen LogP contribution is -2.45. The number of imidazole rings is 1. The quantitative estimate of drug-likeness (QED) is 0.930. The van der Waals surface area contributed by atoms with E-state index in [2.05, 4.69) is 39.1 Å². The third-order valence-electron chi connectivity index (χ3n) is 5.61. The van der Waals surface area contributed by atoms with Crippen molar-refractivity contribution in [2.45, 2.75) is 32.2 Å². The summed E-state index contributed by atoms with van der Waals surface area (Å²) in [6.45, 7) is 4.24. The Bertz CT molecular complexity index is 704. The molecule has 25 heavy (non-hydrogen) atoms. The van der Waals surface area contributed by atoms with Gasteiger partial charge in [0.2, 0.25) is 5.91 Å². The lowest BCUT2D eigenvalue weighted by atomic mass is 9.92. The fourth-order valence-electron chi connectivity index (χ4n) is 4.06. The number of aromatic nitrogens is 2. The molecule has 1 fully saturated rings. The fraction of sp³-hybridized carbons (Fsp3) is 0.500. The molecule has 2 aromatic rings. The Morgan fingerprint density at radius 3 is 2.72 bits per heavy atom. The summed E-state index contributed by atoms with van der Waals surface area (Å²) >= 11 is 0. The van der Waals surface area contributed by atoms with Gasteiger partial charge in [0, 0.05) is 25.0 Å². The maximum Gasteiger partial charge on any atom is 0.237 e. The van der Waals surface area contributed by atoms with E-state index in [0.29, 0.717) is 12.5 Å². The van der Waals surface area contributed by atoms with Crippen molar-refractivity contribution in [1.82, 2.24) is 19.8 Å². The van der Waals surface area contributed by atoms with Crippen molar-refractivity contribution in [2.75, 3.05) is 26.2 Å². The van der Waals surface area contributed by atoms with E-state index in [1.165, 1.54) is 16.8 Å². The van der Waals surface area contributed by atoms with Crippen molar-refractivity contribution in [3.63, 3.8) is 0 Å². The first-order valence-corrected chi connectivity index (χ1v) is 9.32. The van der Waals surface area contributed by atoms with Gasteiger partial charge in [0.1, 0.15) is 0 Å². The zero-order valence-electron chi connectivity index (χ0n) is 14.7. The summed E-state index contributed by atoms with van der Waals surface area (Å²) in [4.78, 5) is 24.3. The minimum atomic E-state index is 0.279. The second-order valence-electron chi connectivity index (χ2n) is 7.33. The van der Waals surface area contributed by atoms with Crippen molar-refractivity contribution in [1.29, 1.82) is 0 Å². The summed E-state index contributed by atoms with van der Waals surface area (Å²) in [6, 6.07) is 8.48. The number of likely N-dealkylation sites (tertiary alicyclic amines) is 1. The van der Waals surface area contributed by atoms with E-state index in [0.717, 1.165) is 51.9 Å². The van der Waals surface area contributed by atoms with E-state index in [1.807, 2.05) is 11.1 Å². The van der Waals surface area contributed by atoms with Crippen LogP contribution in [0.3, 0.4) is 0 Å². The molecule has 4 rings (SSSR count). The van der Waals surface area contributed by atoms with Crippen molar-refractivity contribution in [3.05, 3.63) is 53.6 Å². The van der Waals surface area contributed by atoms with Crippen LogP contribution in [0.2, 0.25) is 0 Å². The molecule has 0 saturated carbocycles. The van der Waals surface area contributed by atoms with Gasteiger partial charge >= 0.3 is 0 Å². The van der Waals surface area contributed by atoms with Gasteiger partial charge in [-0.15, -0.1) is 0 Å². The molecule has 1 N–H and O–H groups in total. The van der Waals surface area contributed by atoms with Crippen LogP contribution in [0.5, 0.6) is 0 Å². The Morgan fingerprint density at radius 1 is 1.16 bits per heavy atom. The summed E-state index contributed by atoms with van der Waals surface area (Å²) in [5, 5.41) is 0. The molecule has 0 aliphatic carbocycles. The molecule has 5 nitrogen and oxygen atoms in total. The molecular weight excluding hydrogens is 312 g/mol. The first-order chi connectivity index (χ1) is 12.3. The molecule has 0 atom stereocenters. The molecule has 1 aromatic carbocycles. The number of benzene rings is 1. The SMILES string of the molecule is O=C(CN1CCC(Cc2cnc[nH]2)CC1)N1CCc2ccccc2C1. The van der Waals surface area contributed by atoms with Crippen LogP contribution in [-0.2, 0) is 24.2 Å². The Labute approximate surface area is 149 Å². The number of hydrogen-bond donors (Lipinski definition) is 1. The number of piperidine rings is 1. The van der Waals surface area contributed by atoms with Crippen LogP contribution in [0.25, 0.3) is 0 Å². The zero-order chi connectivity index (χ0) is 17.1. The Hall–Kier alpha value is -2.14. The summed E-state index contributed by atoms with van der Waals surface area (Å²) in [5.41, 5.74) is 3.92. The molecule has 0 bridgehead atoms. The van der Waals surface area contributed by atoms with Gasteiger partial charge in [-0.3, -0.25) is 9.69 Å². The largest absolute Gasteiger partial charge is 0.348 e. The topological polar surface area (TPSA) is 52.2 Å². The predicted molar refractivity (Wildman–Crippen MR) is 97.0 cm³/mol. The maximum atomic E-state index is 12.7. The highest BCUT2D eigenvalue weighted by Gasteiger charge is 2.25. The number of aromatic amines is 1. The summed E-state index contributed by atoms with van der Waals surface area (Å²) in [6.07, 6.45) is 8.05. The third kappa shape index (κ3) is 3.93. The second kappa shape index (κ2) is 7.40. The van der Waals surface area contributed by atoms with E-state index < -0.39 is 0 Å². The molecule has 0 spiro atoms. The molecule has 2 aliphatic heterocycles. The van der Waals surface area contributed by atoms with Gasteiger partial charge in [-0.25, -0.2) is 4.98 Å². The lowest BCUT2D eigenvalue weighted by molar-refractivity contribution is -0.133. The molecule has 1 amide bonds. The Kier molecular flexibility index (Phi) is 4.83. The van der Waals surface area contributed by atoms with Crippen molar-refractivity contribution in [3.8, 4) is 0 Å². The van der Waals surface area contributed by atoms with Crippen molar-refractivity contribution >= 4 is 5.91 Å². The number of carbonyl (C=O) groups excluding carboxylic acids is 1. The third-order valence-corrected chi connectivity index (χ3v) is 5.61. The number of amides is 1. The number of nitrogens with one attached hydrogen (secondary N) is 1. The monoisotopic (exact) mass is 338 g/mol. The smallest absolute Gasteiger partial charge is 0.237 e. The highest BCUT2D eigenvalue weighted by Crippen LogP contribution is 2.22. The van der Waals surface area contributed by atoms with Crippen LogP contribution >= 0.6 is 0 Å². The van der Waals surface area contributed by atoms with Crippen molar-refractivity contribution < 1.29 is 4.79 Å². The molecule has 1 aromatic heterocycles. The highest BCUT2D eigenvalue weighted by atomic mass is 16.2. The number of carbonyl (C=O) groups is 1. The summed E-state index contributed by atoms with van der Waals surface area (Å²) < 4.78 is 0. The van der Waals surface area contributed by atoms with Gasteiger partial charge in [0.25, 0.3) is 0 Å². The number of rotatable bonds is 4. The van der Waals surface area contributed by atoms with Gasteiger partial charge in [-0.2, -0.15) is 0 Å². The highest BCUT2D eigenvalue weighted by molar-refractivity contribution is 5.78. The van der Waals surface area contributed by atoms with Crippen molar-refractivity contribution in [2.24, 2.45) is 5.92 Å². The number of H-pyrrole nitrogens is 1. The van der Waals surface area contributed by atoms with E-state index in [1.54, 1.807) is 6.33 Å². The maximum absolute atomic E-state index is 12.7. The molecule has 3 heterocycles. The standard InChI is InChI=1S/C20H26N4O/c25-20(24-10-7-17-3-1-2-4-18(17)13-24)14-23-8-5-16(6-9-23)11-19-12-21-15-22-19/h1-4,12,15-16H,5-11,13-14H2,(H,21,22). The molecule has 0 radical (unpaired) electrons. The van der Waals surface area contributed by atoms with Crippen LogP contribution < -0.4 is 0 Å². The summed E-state index contributed by atoms with van der Waals surface area (Å²) in [5.74, 6) is 0.982. The lowest BCUT2D eigenvalue weighted by Gasteiger charge is -2.34. The van der Waals surface area contributed by atoms with Crippen LogP contribution in [-0.4, -0.2) is 51.9 Å². The Balaban J connectivity index is 1.25. The van der Waals surface area contributed by atoms with Gasteiger partial charge in [-0.05, 0) is 55.8 Å². The fourth-order valence-corrected chi connectivity index (χ4v) is 4.06. The predicted octanol–water partition coefficient (Wildman–Crippen LogP) is 2.25. The van der Waals surface area contributed by atoms with Crippen LogP contribution in [0.1, 0.15) is 29.7 Å².